The minimum atomic E-state index is 0.0191. The fraction of sp³-hybridized carbons (Fsp3) is 1.00. The van der Waals surface area contributed by atoms with Gasteiger partial charge < -0.3 is 5.11 Å². The molecule has 0 aromatic carbocycles. The van der Waals surface area contributed by atoms with Crippen molar-refractivity contribution in [2.75, 3.05) is 0 Å². The molecule has 0 heterocycles. The normalized spacial score (nSPS) is 20.0. The van der Waals surface area contributed by atoms with Crippen LogP contribution in [0.2, 0.25) is 0 Å². The Morgan fingerprint density at radius 1 is 1.17 bits per heavy atom. The van der Waals surface area contributed by atoms with Gasteiger partial charge >= 0.3 is 0 Å². The number of hydrogen-bond acceptors (Lipinski definition) is 1. The summed E-state index contributed by atoms with van der Waals surface area (Å²) in [7, 11) is 0. The quantitative estimate of drug-likeness (QED) is 0.649. The van der Waals surface area contributed by atoms with E-state index in [1.54, 1.807) is 0 Å². The Balaban J connectivity index is 2.05. The van der Waals surface area contributed by atoms with E-state index in [0.717, 1.165) is 12.3 Å². The zero-order chi connectivity index (χ0) is 8.97. The first-order chi connectivity index (χ1) is 5.77. The third-order valence-corrected chi connectivity index (χ3v) is 3.19. The standard InChI is InChI=1S/C11H22O/c1-3-9(4-2)5-8-11(12)10-6-7-10/h9-12H,3-8H2,1-2H3. The molecule has 1 fully saturated rings. The van der Waals surface area contributed by atoms with Crippen LogP contribution in [0.4, 0.5) is 0 Å². The van der Waals surface area contributed by atoms with Gasteiger partial charge in [-0.3, -0.25) is 0 Å². The molecule has 0 amide bonds. The average Bonchev–Trinajstić information content (AvgIpc) is 2.88. The molecule has 0 aromatic rings. The largest absolute Gasteiger partial charge is 0.393 e. The van der Waals surface area contributed by atoms with E-state index in [4.69, 9.17) is 0 Å². The van der Waals surface area contributed by atoms with Crippen LogP contribution in [0.3, 0.4) is 0 Å². The Labute approximate surface area is 76.2 Å². The lowest BCUT2D eigenvalue weighted by Crippen LogP contribution is -2.11. The first kappa shape index (κ1) is 10.0. The predicted molar refractivity (Wildman–Crippen MR) is 52.0 cm³/mol. The third kappa shape index (κ3) is 3.14. The van der Waals surface area contributed by atoms with E-state index < -0.39 is 0 Å². The highest BCUT2D eigenvalue weighted by atomic mass is 16.3. The molecule has 0 radical (unpaired) electrons. The van der Waals surface area contributed by atoms with Gasteiger partial charge in [-0.25, -0.2) is 0 Å². The number of aliphatic hydroxyl groups is 1. The zero-order valence-electron chi connectivity index (χ0n) is 8.42. The van der Waals surface area contributed by atoms with Crippen molar-refractivity contribution in [1.82, 2.24) is 0 Å². The van der Waals surface area contributed by atoms with E-state index in [2.05, 4.69) is 13.8 Å². The van der Waals surface area contributed by atoms with E-state index in [0.29, 0.717) is 5.92 Å². The van der Waals surface area contributed by atoms with Gasteiger partial charge in [0.15, 0.2) is 0 Å². The van der Waals surface area contributed by atoms with Crippen LogP contribution < -0.4 is 0 Å². The van der Waals surface area contributed by atoms with Crippen LogP contribution in [0.5, 0.6) is 0 Å². The summed E-state index contributed by atoms with van der Waals surface area (Å²) in [4.78, 5) is 0. The molecule has 1 atom stereocenters. The Kier molecular flexibility index (Phi) is 4.07. The van der Waals surface area contributed by atoms with Crippen LogP contribution in [-0.2, 0) is 0 Å². The van der Waals surface area contributed by atoms with E-state index in [9.17, 15) is 5.11 Å². The van der Waals surface area contributed by atoms with Crippen molar-refractivity contribution in [2.24, 2.45) is 11.8 Å². The highest BCUT2D eigenvalue weighted by Crippen LogP contribution is 2.35. The molecular weight excluding hydrogens is 148 g/mol. The fourth-order valence-corrected chi connectivity index (χ4v) is 1.82. The first-order valence-corrected chi connectivity index (χ1v) is 5.46. The SMILES string of the molecule is CCC(CC)CCC(O)C1CC1. The topological polar surface area (TPSA) is 20.2 Å². The molecule has 1 heteroatoms. The summed E-state index contributed by atoms with van der Waals surface area (Å²) >= 11 is 0. The average molecular weight is 170 g/mol. The van der Waals surface area contributed by atoms with Crippen LogP contribution in [-0.4, -0.2) is 11.2 Å². The Morgan fingerprint density at radius 2 is 1.75 bits per heavy atom. The molecule has 1 saturated carbocycles. The van der Waals surface area contributed by atoms with Crippen LogP contribution >= 0.6 is 0 Å². The summed E-state index contributed by atoms with van der Waals surface area (Å²) in [6.07, 6.45) is 7.36. The molecular formula is C11H22O. The smallest absolute Gasteiger partial charge is 0.0568 e. The second-order valence-electron chi connectivity index (χ2n) is 4.16. The van der Waals surface area contributed by atoms with Gasteiger partial charge in [0.2, 0.25) is 0 Å². The van der Waals surface area contributed by atoms with Crippen molar-refractivity contribution in [2.45, 2.75) is 58.5 Å². The number of aliphatic hydroxyl groups excluding tert-OH is 1. The second kappa shape index (κ2) is 4.86. The van der Waals surface area contributed by atoms with Crippen LogP contribution in [0.1, 0.15) is 52.4 Å². The third-order valence-electron chi connectivity index (χ3n) is 3.19. The van der Waals surface area contributed by atoms with Gasteiger partial charge in [-0.05, 0) is 37.5 Å². The number of rotatable bonds is 6. The Bertz CT molecular complexity index is 112. The van der Waals surface area contributed by atoms with E-state index in [-0.39, 0.29) is 6.10 Å². The molecule has 1 aliphatic carbocycles. The monoisotopic (exact) mass is 170 g/mol. The van der Waals surface area contributed by atoms with Gasteiger partial charge in [0.25, 0.3) is 0 Å². The summed E-state index contributed by atoms with van der Waals surface area (Å²) in [5.74, 6) is 1.51. The summed E-state index contributed by atoms with van der Waals surface area (Å²) in [5, 5.41) is 9.63. The van der Waals surface area contributed by atoms with Crippen molar-refractivity contribution in [3.63, 3.8) is 0 Å². The van der Waals surface area contributed by atoms with Crippen molar-refractivity contribution >= 4 is 0 Å². The molecule has 0 bridgehead atoms. The molecule has 1 unspecified atom stereocenters. The molecule has 1 aliphatic rings. The summed E-state index contributed by atoms with van der Waals surface area (Å²) in [6.45, 7) is 4.50. The summed E-state index contributed by atoms with van der Waals surface area (Å²) in [6, 6.07) is 0. The van der Waals surface area contributed by atoms with Gasteiger partial charge in [0.1, 0.15) is 0 Å². The maximum Gasteiger partial charge on any atom is 0.0568 e. The Hall–Kier alpha value is -0.0400. The molecule has 0 saturated heterocycles. The highest BCUT2D eigenvalue weighted by molar-refractivity contribution is 4.81. The molecule has 0 aliphatic heterocycles. The molecule has 1 nitrogen and oxygen atoms in total. The molecule has 72 valence electrons. The maximum atomic E-state index is 9.63. The first-order valence-electron chi connectivity index (χ1n) is 5.46. The van der Waals surface area contributed by atoms with Gasteiger partial charge in [-0.1, -0.05) is 26.7 Å². The predicted octanol–water partition coefficient (Wildman–Crippen LogP) is 2.97. The Morgan fingerprint density at radius 3 is 2.17 bits per heavy atom. The van der Waals surface area contributed by atoms with Crippen LogP contribution in [0, 0.1) is 11.8 Å². The van der Waals surface area contributed by atoms with Crippen LogP contribution in [0.15, 0.2) is 0 Å². The fourth-order valence-electron chi connectivity index (χ4n) is 1.82. The maximum absolute atomic E-state index is 9.63. The highest BCUT2D eigenvalue weighted by Gasteiger charge is 2.29. The van der Waals surface area contributed by atoms with Crippen molar-refractivity contribution in [1.29, 1.82) is 0 Å². The van der Waals surface area contributed by atoms with Crippen LogP contribution in [0.25, 0.3) is 0 Å². The lowest BCUT2D eigenvalue weighted by atomic mass is 9.95. The molecule has 1 N–H and O–H groups in total. The van der Waals surface area contributed by atoms with Crippen molar-refractivity contribution in [3.8, 4) is 0 Å². The van der Waals surface area contributed by atoms with Gasteiger partial charge in [0, 0.05) is 0 Å². The van der Waals surface area contributed by atoms with E-state index >= 15 is 0 Å². The van der Waals surface area contributed by atoms with Gasteiger partial charge in [-0.2, -0.15) is 0 Å². The van der Waals surface area contributed by atoms with Gasteiger partial charge in [0.05, 0.1) is 6.10 Å². The lowest BCUT2D eigenvalue weighted by Gasteiger charge is -2.14. The number of hydrogen-bond donors (Lipinski definition) is 1. The van der Waals surface area contributed by atoms with Gasteiger partial charge in [-0.15, -0.1) is 0 Å². The molecule has 0 spiro atoms. The molecule has 1 rings (SSSR count). The van der Waals surface area contributed by atoms with Crippen molar-refractivity contribution in [3.05, 3.63) is 0 Å². The lowest BCUT2D eigenvalue weighted by molar-refractivity contribution is 0.131. The van der Waals surface area contributed by atoms with Crippen molar-refractivity contribution < 1.29 is 5.11 Å². The second-order valence-corrected chi connectivity index (χ2v) is 4.16. The molecule has 12 heavy (non-hydrogen) atoms. The van der Waals surface area contributed by atoms with E-state index in [1.807, 2.05) is 0 Å². The minimum Gasteiger partial charge on any atom is -0.393 e. The zero-order valence-corrected chi connectivity index (χ0v) is 8.42. The summed E-state index contributed by atoms with van der Waals surface area (Å²) < 4.78 is 0. The summed E-state index contributed by atoms with van der Waals surface area (Å²) in [5.41, 5.74) is 0. The van der Waals surface area contributed by atoms with E-state index in [1.165, 1.54) is 32.1 Å². The molecule has 0 aromatic heterocycles. The minimum absolute atomic E-state index is 0.0191.